The van der Waals surface area contributed by atoms with Crippen molar-refractivity contribution in [3.8, 4) is 0 Å². The second-order valence-corrected chi connectivity index (χ2v) is 5.19. The molecule has 0 fully saturated rings. The molecule has 2 rings (SSSR count). The number of amides is 1. The van der Waals surface area contributed by atoms with Crippen molar-refractivity contribution in [2.75, 3.05) is 25.5 Å². The second kappa shape index (κ2) is 7.07. The van der Waals surface area contributed by atoms with Gasteiger partial charge in [0.05, 0.1) is 0 Å². The number of anilines is 1. The van der Waals surface area contributed by atoms with Crippen LogP contribution >= 0.6 is 0 Å². The number of carbonyl (C=O) groups is 1. The van der Waals surface area contributed by atoms with Gasteiger partial charge in [0.25, 0.3) is 5.91 Å². The fraction of sp³-hybridized carbons (Fsp3) is 0.412. The lowest BCUT2D eigenvalue weighted by atomic mass is 10.1. The molecule has 1 N–H and O–H groups in total. The molecule has 0 aliphatic rings. The van der Waals surface area contributed by atoms with E-state index in [9.17, 15) is 4.79 Å². The molecule has 1 heterocycles. The first-order valence-corrected chi connectivity index (χ1v) is 7.56. The van der Waals surface area contributed by atoms with Gasteiger partial charge in [-0.2, -0.15) is 0 Å². The monoisotopic (exact) mass is 285 g/mol. The van der Waals surface area contributed by atoms with Crippen LogP contribution in [-0.4, -0.2) is 35.9 Å². The fourth-order valence-electron chi connectivity index (χ4n) is 2.30. The van der Waals surface area contributed by atoms with E-state index in [-0.39, 0.29) is 5.91 Å². The topological polar surface area (TPSA) is 45.2 Å². The smallest absolute Gasteiger partial charge is 0.272 e. The van der Waals surface area contributed by atoms with Crippen molar-refractivity contribution in [2.45, 2.75) is 26.7 Å². The maximum Gasteiger partial charge on any atom is 0.272 e. The maximum absolute atomic E-state index is 12.5. The number of pyridine rings is 1. The largest absolute Gasteiger partial charge is 0.370 e. The minimum Gasteiger partial charge on any atom is -0.370 e. The van der Waals surface area contributed by atoms with Gasteiger partial charge in [-0.3, -0.25) is 4.79 Å². The summed E-state index contributed by atoms with van der Waals surface area (Å²) in [5.41, 5.74) is 0.503. The van der Waals surface area contributed by atoms with Gasteiger partial charge in [-0.1, -0.05) is 37.6 Å². The van der Waals surface area contributed by atoms with Crippen LogP contribution < -0.4 is 5.32 Å². The quantitative estimate of drug-likeness (QED) is 0.883. The highest BCUT2D eigenvalue weighted by molar-refractivity contribution is 6.00. The van der Waals surface area contributed by atoms with Gasteiger partial charge in [0.2, 0.25) is 0 Å². The predicted molar refractivity (Wildman–Crippen MR) is 87.8 cm³/mol. The summed E-state index contributed by atoms with van der Waals surface area (Å²) in [6.45, 7) is 5.69. The molecule has 0 atom stereocenters. The third-order valence-corrected chi connectivity index (χ3v) is 3.50. The van der Waals surface area contributed by atoms with Crippen LogP contribution in [0.3, 0.4) is 0 Å². The summed E-state index contributed by atoms with van der Waals surface area (Å²) in [5.74, 6) is 0.760. The van der Waals surface area contributed by atoms with Gasteiger partial charge in [-0.15, -0.1) is 0 Å². The number of unbranched alkanes of at least 4 members (excludes halogenated alkanes) is 1. The summed E-state index contributed by atoms with van der Waals surface area (Å²) in [4.78, 5) is 18.8. The molecule has 0 aliphatic heterocycles. The zero-order valence-electron chi connectivity index (χ0n) is 13.0. The van der Waals surface area contributed by atoms with Gasteiger partial charge in [-0.05, 0) is 24.8 Å². The van der Waals surface area contributed by atoms with Crippen LogP contribution in [0.25, 0.3) is 10.8 Å². The number of benzene rings is 1. The van der Waals surface area contributed by atoms with E-state index in [1.54, 1.807) is 4.90 Å². The number of carbonyl (C=O) groups excluding carboxylic acids is 1. The SMILES string of the molecule is CCCCN(C)C(=O)c1cc2ccccc2c(NCC)n1. The molecular weight excluding hydrogens is 262 g/mol. The number of nitrogens with zero attached hydrogens (tertiary/aromatic N) is 2. The lowest BCUT2D eigenvalue weighted by Gasteiger charge is -2.17. The molecule has 0 bridgehead atoms. The first-order valence-electron chi connectivity index (χ1n) is 7.56. The number of nitrogens with one attached hydrogen (secondary N) is 1. The van der Waals surface area contributed by atoms with Gasteiger partial charge in [0, 0.05) is 25.5 Å². The molecule has 1 aromatic carbocycles. The normalized spacial score (nSPS) is 10.6. The van der Waals surface area contributed by atoms with E-state index in [2.05, 4.69) is 17.2 Å². The van der Waals surface area contributed by atoms with Crippen LogP contribution in [0.2, 0.25) is 0 Å². The summed E-state index contributed by atoms with van der Waals surface area (Å²) >= 11 is 0. The zero-order valence-corrected chi connectivity index (χ0v) is 13.0. The highest BCUT2D eigenvalue weighted by atomic mass is 16.2. The Morgan fingerprint density at radius 2 is 2.05 bits per heavy atom. The Morgan fingerprint density at radius 1 is 1.29 bits per heavy atom. The van der Waals surface area contributed by atoms with Gasteiger partial charge in [0.15, 0.2) is 0 Å². The summed E-state index contributed by atoms with van der Waals surface area (Å²) in [5, 5.41) is 5.33. The molecule has 0 spiro atoms. The second-order valence-electron chi connectivity index (χ2n) is 5.19. The minimum atomic E-state index is -0.0200. The highest BCUT2D eigenvalue weighted by Gasteiger charge is 2.15. The molecule has 4 nitrogen and oxygen atoms in total. The molecule has 4 heteroatoms. The first kappa shape index (κ1) is 15.3. The summed E-state index contributed by atoms with van der Waals surface area (Å²) in [6, 6.07) is 9.88. The molecule has 1 amide bonds. The van der Waals surface area contributed by atoms with Gasteiger partial charge in [-0.25, -0.2) is 4.98 Å². The Hall–Kier alpha value is -2.10. The molecule has 0 radical (unpaired) electrons. The minimum absolute atomic E-state index is 0.0200. The average molecular weight is 285 g/mol. The Morgan fingerprint density at radius 3 is 2.76 bits per heavy atom. The predicted octanol–water partition coefficient (Wildman–Crippen LogP) is 3.54. The van der Waals surface area contributed by atoms with Crippen LogP contribution in [0, 0.1) is 0 Å². The van der Waals surface area contributed by atoms with Crippen molar-refractivity contribution in [1.29, 1.82) is 0 Å². The lowest BCUT2D eigenvalue weighted by molar-refractivity contribution is 0.0788. The van der Waals surface area contributed by atoms with Crippen LogP contribution in [0.1, 0.15) is 37.2 Å². The van der Waals surface area contributed by atoms with E-state index < -0.39 is 0 Å². The summed E-state index contributed by atoms with van der Waals surface area (Å²) in [7, 11) is 1.84. The molecule has 21 heavy (non-hydrogen) atoms. The Kier molecular flexibility index (Phi) is 5.14. The maximum atomic E-state index is 12.5. The third kappa shape index (κ3) is 3.51. The number of fused-ring (bicyclic) bond motifs is 1. The Bertz CT molecular complexity index is 624. The van der Waals surface area contributed by atoms with Crippen molar-refractivity contribution in [1.82, 2.24) is 9.88 Å². The molecule has 1 aromatic heterocycles. The van der Waals surface area contributed by atoms with Gasteiger partial charge in [0.1, 0.15) is 11.5 Å². The first-order chi connectivity index (χ1) is 10.2. The van der Waals surface area contributed by atoms with E-state index in [1.807, 2.05) is 44.3 Å². The molecule has 112 valence electrons. The van der Waals surface area contributed by atoms with Crippen LogP contribution in [0.4, 0.5) is 5.82 Å². The van der Waals surface area contributed by atoms with E-state index in [1.165, 1.54) is 0 Å². The van der Waals surface area contributed by atoms with Crippen molar-refractivity contribution >= 4 is 22.5 Å². The van der Waals surface area contributed by atoms with Crippen molar-refractivity contribution < 1.29 is 4.79 Å². The summed E-state index contributed by atoms with van der Waals surface area (Å²) in [6.07, 6.45) is 2.08. The van der Waals surface area contributed by atoms with Crippen LogP contribution in [0.15, 0.2) is 30.3 Å². The molecule has 2 aromatic rings. The van der Waals surface area contributed by atoms with Gasteiger partial charge < -0.3 is 10.2 Å². The van der Waals surface area contributed by atoms with Crippen molar-refractivity contribution in [3.05, 3.63) is 36.0 Å². The molecule has 0 saturated carbocycles. The average Bonchev–Trinajstić information content (AvgIpc) is 2.52. The van der Waals surface area contributed by atoms with Crippen LogP contribution in [-0.2, 0) is 0 Å². The zero-order chi connectivity index (χ0) is 15.2. The number of rotatable bonds is 6. The molecule has 0 saturated heterocycles. The Labute approximate surface area is 126 Å². The standard InChI is InChI=1S/C17H23N3O/c1-4-6-11-20(3)17(21)15-12-13-9-7-8-10-14(13)16(19-15)18-5-2/h7-10,12H,4-6,11H2,1-3H3,(H,18,19). The molecular formula is C17H23N3O. The third-order valence-electron chi connectivity index (χ3n) is 3.50. The van der Waals surface area contributed by atoms with E-state index in [4.69, 9.17) is 0 Å². The van der Waals surface area contributed by atoms with E-state index in [0.29, 0.717) is 5.69 Å². The Balaban J connectivity index is 2.37. The van der Waals surface area contributed by atoms with E-state index in [0.717, 1.165) is 42.5 Å². The van der Waals surface area contributed by atoms with Crippen molar-refractivity contribution in [2.24, 2.45) is 0 Å². The van der Waals surface area contributed by atoms with Crippen LogP contribution in [0.5, 0.6) is 0 Å². The fourth-order valence-corrected chi connectivity index (χ4v) is 2.30. The van der Waals surface area contributed by atoms with Crippen molar-refractivity contribution in [3.63, 3.8) is 0 Å². The number of hydrogen-bond donors (Lipinski definition) is 1. The van der Waals surface area contributed by atoms with E-state index >= 15 is 0 Å². The molecule has 0 unspecified atom stereocenters. The number of aromatic nitrogens is 1. The molecule has 0 aliphatic carbocycles. The highest BCUT2D eigenvalue weighted by Crippen LogP contribution is 2.23. The lowest BCUT2D eigenvalue weighted by Crippen LogP contribution is -2.28. The summed E-state index contributed by atoms with van der Waals surface area (Å²) < 4.78 is 0. The van der Waals surface area contributed by atoms with Gasteiger partial charge >= 0.3 is 0 Å². The number of hydrogen-bond acceptors (Lipinski definition) is 3.